The van der Waals surface area contributed by atoms with Crippen LogP contribution < -0.4 is 9.46 Å². The van der Waals surface area contributed by atoms with Crippen LogP contribution in [0.2, 0.25) is 0 Å². The molecule has 1 saturated heterocycles. The lowest BCUT2D eigenvalue weighted by Crippen LogP contribution is -2.50. The maximum Gasteiger partial charge on any atom is 0.243 e. The number of benzene rings is 1. The van der Waals surface area contributed by atoms with Gasteiger partial charge in [-0.15, -0.1) is 0 Å². The Hall–Kier alpha value is -1.64. The van der Waals surface area contributed by atoms with Gasteiger partial charge in [0.15, 0.2) is 0 Å². The van der Waals surface area contributed by atoms with E-state index in [0.717, 1.165) is 25.7 Å². The number of nitrogens with zero attached hydrogens (tertiary/aromatic N) is 1. The smallest absolute Gasteiger partial charge is 0.243 e. The van der Waals surface area contributed by atoms with Gasteiger partial charge in [0.2, 0.25) is 15.9 Å². The molecule has 1 aliphatic heterocycles. The number of rotatable bonds is 6. The number of hydrogen-bond donors (Lipinski definition) is 2. The Kier molecular flexibility index (Phi) is 6.59. The quantitative estimate of drug-likeness (QED) is 0.784. The fraction of sp³-hybridized carbons (Fsp3) is 0.562. The zero-order chi connectivity index (χ0) is 17.6. The van der Waals surface area contributed by atoms with E-state index >= 15 is 0 Å². The largest absolute Gasteiger partial charge is 0.497 e. The Morgan fingerprint density at radius 2 is 1.79 bits per heavy atom. The summed E-state index contributed by atoms with van der Waals surface area (Å²) in [5, 5.41) is 9.50. The molecule has 0 aliphatic carbocycles. The van der Waals surface area contributed by atoms with Crippen molar-refractivity contribution in [2.45, 2.75) is 36.6 Å². The molecule has 0 bridgehead atoms. The van der Waals surface area contributed by atoms with Crippen LogP contribution in [-0.4, -0.2) is 57.2 Å². The minimum Gasteiger partial charge on any atom is -0.497 e. The molecule has 1 aliphatic rings. The summed E-state index contributed by atoms with van der Waals surface area (Å²) in [6, 6.07) is 4.67. The summed E-state index contributed by atoms with van der Waals surface area (Å²) in [4.78, 5) is 14.2. The standard InChI is InChI=1S/C16H24N2O5S/c1-23-13-6-8-14(9-7-13)24(21,22)17-15(12-19)16(20)18-10-4-2-3-5-11-18/h6-9,15,17,19H,2-5,10-12H2,1H3/t15-/m0/s1. The van der Waals surface area contributed by atoms with Crippen LogP contribution in [-0.2, 0) is 14.8 Å². The van der Waals surface area contributed by atoms with Gasteiger partial charge >= 0.3 is 0 Å². The first-order chi connectivity index (χ1) is 11.5. The van der Waals surface area contributed by atoms with Gasteiger partial charge in [0.05, 0.1) is 18.6 Å². The zero-order valence-corrected chi connectivity index (χ0v) is 14.6. The van der Waals surface area contributed by atoms with E-state index in [0.29, 0.717) is 18.8 Å². The van der Waals surface area contributed by atoms with Crippen molar-refractivity contribution in [3.63, 3.8) is 0 Å². The lowest BCUT2D eigenvalue weighted by atomic mass is 10.2. The second-order valence-corrected chi connectivity index (χ2v) is 7.49. The number of carbonyl (C=O) groups excluding carboxylic acids is 1. The predicted octanol–water partition coefficient (Wildman–Crippen LogP) is 0.737. The number of carbonyl (C=O) groups is 1. The highest BCUT2D eigenvalue weighted by molar-refractivity contribution is 7.89. The van der Waals surface area contributed by atoms with Gasteiger partial charge in [-0.05, 0) is 37.1 Å². The highest BCUT2D eigenvalue weighted by Crippen LogP contribution is 2.16. The number of methoxy groups -OCH3 is 1. The fourth-order valence-corrected chi connectivity index (χ4v) is 3.87. The van der Waals surface area contributed by atoms with Gasteiger partial charge in [-0.2, -0.15) is 4.72 Å². The minimum absolute atomic E-state index is 0.0189. The van der Waals surface area contributed by atoms with Crippen LogP contribution in [0.1, 0.15) is 25.7 Å². The molecule has 24 heavy (non-hydrogen) atoms. The van der Waals surface area contributed by atoms with E-state index in [-0.39, 0.29) is 10.8 Å². The SMILES string of the molecule is COc1ccc(S(=O)(=O)N[C@@H](CO)C(=O)N2CCCCCC2)cc1. The molecule has 1 heterocycles. The highest BCUT2D eigenvalue weighted by Gasteiger charge is 2.29. The Labute approximate surface area is 142 Å². The normalized spacial score (nSPS) is 17.2. The van der Waals surface area contributed by atoms with Crippen LogP contribution in [0.15, 0.2) is 29.2 Å². The molecule has 8 heteroatoms. The second kappa shape index (κ2) is 8.46. The molecule has 1 aromatic rings. The fourth-order valence-electron chi connectivity index (χ4n) is 2.69. The third-order valence-electron chi connectivity index (χ3n) is 4.07. The zero-order valence-electron chi connectivity index (χ0n) is 13.8. The van der Waals surface area contributed by atoms with Gasteiger partial charge in [0, 0.05) is 13.1 Å². The summed E-state index contributed by atoms with van der Waals surface area (Å²) in [7, 11) is -2.41. The van der Waals surface area contributed by atoms with Crippen molar-refractivity contribution in [3.8, 4) is 5.75 Å². The predicted molar refractivity (Wildman–Crippen MR) is 89.2 cm³/mol. The molecule has 1 amide bonds. The van der Waals surface area contributed by atoms with E-state index in [9.17, 15) is 18.3 Å². The first-order valence-corrected chi connectivity index (χ1v) is 9.52. The summed E-state index contributed by atoms with van der Waals surface area (Å²) in [6.45, 7) is 0.615. The van der Waals surface area contributed by atoms with Crippen molar-refractivity contribution in [3.05, 3.63) is 24.3 Å². The maximum absolute atomic E-state index is 12.5. The summed E-state index contributed by atoms with van der Waals surface area (Å²) in [5.41, 5.74) is 0. The van der Waals surface area contributed by atoms with Crippen molar-refractivity contribution < 1.29 is 23.1 Å². The van der Waals surface area contributed by atoms with E-state index in [1.54, 1.807) is 4.90 Å². The van der Waals surface area contributed by atoms with Crippen molar-refractivity contribution in [2.75, 3.05) is 26.8 Å². The topological polar surface area (TPSA) is 95.9 Å². The Balaban J connectivity index is 2.10. The summed E-state index contributed by atoms with van der Waals surface area (Å²) in [5.74, 6) is 0.157. The molecule has 2 N–H and O–H groups in total. The summed E-state index contributed by atoms with van der Waals surface area (Å²) in [6.07, 6.45) is 3.92. The van der Waals surface area contributed by atoms with Crippen LogP contribution in [0.5, 0.6) is 5.75 Å². The molecule has 1 atom stereocenters. The molecule has 0 spiro atoms. The number of nitrogens with one attached hydrogen (secondary N) is 1. The number of likely N-dealkylation sites (tertiary alicyclic amines) is 1. The maximum atomic E-state index is 12.5. The van der Waals surface area contributed by atoms with Crippen molar-refractivity contribution >= 4 is 15.9 Å². The Bertz CT molecular complexity index is 637. The monoisotopic (exact) mass is 356 g/mol. The molecule has 1 fully saturated rings. The highest BCUT2D eigenvalue weighted by atomic mass is 32.2. The van der Waals surface area contributed by atoms with E-state index in [2.05, 4.69) is 4.72 Å². The lowest BCUT2D eigenvalue weighted by molar-refractivity contribution is -0.133. The molecule has 0 unspecified atom stereocenters. The molecular formula is C16H24N2O5S. The van der Waals surface area contributed by atoms with Gasteiger partial charge in [0.25, 0.3) is 0 Å². The van der Waals surface area contributed by atoms with Crippen LogP contribution in [0.3, 0.4) is 0 Å². The number of aliphatic hydroxyl groups excluding tert-OH is 1. The van der Waals surface area contributed by atoms with Crippen LogP contribution in [0, 0.1) is 0 Å². The number of ether oxygens (including phenoxy) is 1. The third kappa shape index (κ3) is 4.68. The van der Waals surface area contributed by atoms with E-state index in [1.165, 1.54) is 31.4 Å². The lowest BCUT2D eigenvalue weighted by Gasteiger charge is -2.25. The van der Waals surface area contributed by atoms with Gasteiger partial charge in [-0.3, -0.25) is 4.79 Å². The molecular weight excluding hydrogens is 332 g/mol. The molecule has 0 saturated carbocycles. The first kappa shape index (κ1) is 18.7. The molecule has 1 aromatic carbocycles. The second-order valence-electron chi connectivity index (χ2n) is 5.77. The molecule has 134 valence electrons. The van der Waals surface area contributed by atoms with Crippen molar-refractivity contribution in [2.24, 2.45) is 0 Å². The van der Waals surface area contributed by atoms with Crippen molar-refractivity contribution in [1.29, 1.82) is 0 Å². The van der Waals surface area contributed by atoms with Gasteiger partial charge in [0.1, 0.15) is 11.8 Å². The van der Waals surface area contributed by atoms with E-state index in [4.69, 9.17) is 4.74 Å². The van der Waals surface area contributed by atoms with E-state index in [1.807, 2.05) is 0 Å². The molecule has 2 rings (SSSR count). The third-order valence-corrected chi connectivity index (χ3v) is 5.55. The van der Waals surface area contributed by atoms with Crippen LogP contribution >= 0.6 is 0 Å². The first-order valence-electron chi connectivity index (χ1n) is 8.04. The number of amides is 1. The average molecular weight is 356 g/mol. The summed E-state index contributed by atoms with van der Waals surface area (Å²) >= 11 is 0. The van der Waals surface area contributed by atoms with Gasteiger partial charge in [-0.25, -0.2) is 8.42 Å². The molecule has 0 aromatic heterocycles. The molecule has 0 radical (unpaired) electrons. The summed E-state index contributed by atoms with van der Waals surface area (Å²) < 4.78 is 32.1. The van der Waals surface area contributed by atoms with Crippen molar-refractivity contribution in [1.82, 2.24) is 9.62 Å². The van der Waals surface area contributed by atoms with E-state index < -0.39 is 22.7 Å². The minimum atomic E-state index is -3.90. The number of sulfonamides is 1. The Morgan fingerprint density at radius 3 is 2.29 bits per heavy atom. The van der Waals surface area contributed by atoms with Crippen LogP contribution in [0.25, 0.3) is 0 Å². The van der Waals surface area contributed by atoms with Crippen LogP contribution in [0.4, 0.5) is 0 Å². The average Bonchev–Trinajstić information content (AvgIpc) is 2.88. The number of aliphatic hydroxyl groups is 1. The number of hydrogen-bond acceptors (Lipinski definition) is 5. The Morgan fingerprint density at radius 1 is 1.21 bits per heavy atom. The van der Waals surface area contributed by atoms with Gasteiger partial charge < -0.3 is 14.7 Å². The molecule has 7 nitrogen and oxygen atoms in total. The van der Waals surface area contributed by atoms with Gasteiger partial charge in [-0.1, -0.05) is 12.8 Å².